The highest BCUT2D eigenvalue weighted by Gasteiger charge is 2.11. The summed E-state index contributed by atoms with van der Waals surface area (Å²) in [5.74, 6) is 0. The van der Waals surface area contributed by atoms with Crippen LogP contribution in [0.15, 0.2) is 71.9 Å². The summed E-state index contributed by atoms with van der Waals surface area (Å²) in [6, 6.07) is 20.8. The monoisotopic (exact) mass is 357 g/mol. The lowest BCUT2D eigenvalue weighted by molar-refractivity contribution is 0.861. The Morgan fingerprint density at radius 3 is 2.42 bits per heavy atom. The number of nitrogens with zero attached hydrogens (tertiary/aromatic N) is 3. The summed E-state index contributed by atoms with van der Waals surface area (Å²) in [6.07, 6.45) is 8.17. The first kappa shape index (κ1) is 16.6. The van der Waals surface area contributed by atoms with Gasteiger partial charge in [-0.3, -0.25) is 4.98 Å². The van der Waals surface area contributed by atoms with Crippen molar-refractivity contribution in [3.63, 3.8) is 0 Å². The van der Waals surface area contributed by atoms with Crippen LogP contribution in [0, 0.1) is 6.92 Å². The quantitative estimate of drug-likeness (QED) is 0.444. The highest BCUT2D eigenvalue weighted by atomic mass is 32.2. The van der Waals surface area contributed by atoms with Gasteiger partial charge in [0.05, 0.1) is 11.2 Å². The van der Waals surface area contributed by atoms with Gasteiger partial charge in [0.25, 0.3) is 0 Å². The number of fused-ring (bicyclic) bond motifs is 1. The van der Waals surface area contributed by atoms with Crippen LogP contribution in [0.4, 0.5) is 0 Å². The molecule has 0 bridgehead atoms. The van der Waals surface area contributed by atoms with Crippen molar-refractivity contribution >= 4 is 34.8 Å². The molecule has 4 rings (SSSR count). The first-order valence-electron chi connectivity index (χ1n) is 8.47. The fraction of sp³-hybridized carbons (Fsp3) is 0.0909. The molecule has 3 nitrogen and oxygen atoms in total. The number of hydrogen-bond acceptors (Lipinski definition) is 3. The zero-order valence-corrected chi connectivity index (χ0v) is 15.6. The van der Waals surface area contributed by atoms with Crippen molar-refractivity contribution in [1.29, 1.82) is 0 Å². The predicted molar refractivity (Wildman–Crippen MR) is 111 cm³/mol. The molecule has 26 heavy (non-hydrogen) atoms. The third kappa shape index (κ3) is 3.28. The summed E-state index contributed by atoms with van der Waals surface area (Å²) in [6.45, 7) is 2.00. The van der Waals surface area contributed by atoms with E-state index in [2.05, 4.69) is 59.8 Å². The smallest absolute Gasteiger partial charge is 0.126 e. The van der Waals surface area contributed by atoms with Crippen LogP contribution in [0.1, 0.15) is 16.8 Å². The van der Waals surface area contributed by atoms with Gasteiger partial charge < -0.3 is 0 Å². The van der Waals surface area contributed by atoms with Crippen molar-refractivity contribution in [2.75, 3.05) is 6.26 Å². The van der Waals surface area contributed by atoms with Crippen LogP contribution in [0.3, 0.4) is 0 Å². The van der Waals surface area contributed by atoms with Gasteiger partial charge in [0.2, 0.25) is 0 Å². The molecule has 0 saturated carbocycles. The molecule has 0 aliphatic rings. The van der Waals surface area contributed by atoms with E-state index in [0.29, 0.717) is 0 Å². The third-order valence-corrected chi connectivity index (χ3v) is 4.96. The number of aromatic nitrogens is 3. The molecular weight excluding hydrogens is 338 g/mol. The lowest BCUT2D eigenvalue weighted by atomic mass is 10.1. The molecule has 0 atom stereocenters. The standard InChI is InChI=1S/C22H19N3S/c1-16-8-9-18(15-23-16)11-10-17-12-13-20-21(14-17)25(24-22(20)26-2)19-6-4-3-5-7-19/h3-15H,1-2H3/b11-10+. The number of aryl methyl sites for hydroxylation is 1. The number of benzene rings is 2. The maximum absolute atomic E-state index is 4.79. The van der Waals surface area contributed by atoms with Crippen LogP contribution in [0.2, 0.25) is 0 Å². The van der Waals surface area contributed by atoms with Crippen molar-refractivity contribution in [1.82, 2.24) is 14.8 Å². The van der Waals surface area contributed by atoms with E-state index in [1.165, 1.54) is 5.39 Å². The Kier molecular flexibility index (Phi) is 4.59. The molecule has 128 valence electrons. The summed E-state index contributed by atoms with van der Waals surface area (Å²) in [5, 5.41) is 7.01. The molecule has 0 radical (unpaired) electrons. The Morgan fingerprint density at radius 2 is 1.69 bits per heavy atom. The summed E-state index contributed by atoms with van der Waals surface area (Å²) in [5.41, 5.74) is 5.45. The first-order chi connectivity index (χ1) is 12.7. The lowest BCUT2D eigenvalue weighted by Gasteiger charge is -2.03. The lowest BCUT2D eigenvalue weighted by Crippen LogP contribution is -1.95. The Morgan fingerprint density at radius 1 is 0.923 bits per heavy atom. The van der Waals surface area contributed by atoms with Crippen molar-refractivity contribution in [3.05, 3.63) is 83.7 Å². The molecule has 0 saturated heterocycles. The minimum absolute atomic E-state index is 1.03. The number of hydrogen-bond donors (Lipinski definition) is 0. The molecule has 0 aliphatic heterocycles. The minimum Gasteiger partial charge on any atom is -0.261 e. The van der Waals surface area contributed by atoms with E-state index in [4.69, 9.17) is 5.10 Å². The molecule has 0 aliphatic carbocycles. The van der Waals surface area contributed by atoms with Crippen LogP contribution in [-0.4, -0.2) is 21.0 Å². The summed E-state index contributed by atoms with van der Waals surface area (Å²) in [7, 11) is 0. The number of para-hydroxylation sites is 1. The SMILES string of the molecule is CSc1nn(-c2ccccc2)c2cc(/C=C/c3ccc(C)nc3)ccc12. The summed E-state index contributed by atoms with van der Waals surface area (Å²) >= 11 is 1.67. The number of thioether (sulfide) groups is 1. The largest absolute Gasteiger partial charge is 0.261 e. The first-order valence-corrected chi connectivity index (χ1v) is 9.70. The highest BCUT2D eigenvalue weighted by molar-refractivity contribution is 7.98. The molecule has 4 aromatic rings. The van der Waals surface area contributed by atoms with Gasteiger partial charge in [0.1, 0.15) is 5.03 Å². The van der Waals surface area contributed by atoms with Crippen molar-refractivity contribution < 1.29 is 0 Å². The summed E-state index contributed by atoms with van der Waals surface area (Å²) < 4.78 is 2.02. The van der Waals surface area contributed by atoms with Crippen LogP contribution in [-0.2, 0) is 0 Å². The highest BCUT2D eigenvalue weighted by Crippen LogP contribution is 2.29. The van der Waals surface area contributed by atoms with E-state index in [-0.39, 0.29) is 0 Å². The van der Waals surface area contributed by atoms with Crippen LogP contribution >= 0.6 is 11.8 Å². The second-order valence-electron chi connectivity index (χ2n) is 6.10. The topological polar surface area (TPSA) is 30.7 Å². The molecule has 2 aromatic carbocycles. The normalized spacial score (nSPS) is 11.5. The molecule has 0 unspecified atom stereocenters. The number of rotatable bonds is 4. The molecule has 0 amide bonds. The second kappa shape index (κ2) is 7.18. The predicted octanol–water partition coefficient (Wildman–Crippen LogP) is 5.62. The van der Waals surface area contributed by atoms with Gasteiger partial charge in [-0.1, -0.05) is 42.5 Å². The van der Waals surface area contributed by atoms with E-state index < -0.39 is 0 Å². The van der Waals surface area contributed by atoms with E-state index in [1.807, 2.05) is 42.1 Å². The van der Waals surface area contributed by atoms with Gasteiger partial charge in [0, 0.05) is 17.3 Å². The van der Waals surface area contributed by atoms with Crippen molar-refractivity contribution in [3.8, 4) is 5.69 Å². The Hall–Kier alpha value is -2.85. The maximum Gasteiger partial charge on any atom is 0.126 e. The molecule has 2 heterocycles. The fourth-order valence-corrected chi connectivity index (χ4v) is 3.45. The zero-order valence-electron chi connectivity index (χ0n) is 14.8. The molecule has 2 aromatic heterocycles. The van der Waals surface area contributed by atoms with E-state index in [9.17, 15) is 0 Å². The van der Waals surface area contributed by atoms with E-state index in [1.54, 1.807) is 11.8 Å². The second-order valence-corrected chi connectivity index (χ2v) is 6.89. The van der Waals surface area contributed by atoms with Crippen LogP contribution in [0.25, 0.3) is 28.7 Å². The Bertz CT molecular complexity index is 1060. The Labute approximate surface area is 157 Å². The molecule has 0 spiro atoms. The molecule has 0 N–H and O–H groups in total. The van der Waals surface area contributed by atoms with Crippen molar-refractivity contribution in [2.24, 2.45) is 0 Å². The van der Waals surface area contributed by atoms with E-state index in [0.717, 1.165) is 33.1 Å². The molecular formula is C22H19N3S. The molecule has 4 heteroatoms. The Balaban J connectivity index is 1.77. The van der Waals surface area contributed by atoms with Gasteiger partial charge in [-0.2, -0.15) is 5.10 Å². The van der Waals surface area contributed by atoms with Gasteiger partial charge >= 0.3 is 0 Å². The van der Waals surface area contributed by atoms with Gasteiger partial charge in [-0.15, -0.1) is 11.8 Å². The fourth-order valence-electron chi connectivity index (χ4n) is 2.89. The average molecular weight is 357 g/mol. The average Bonchev–Trinajstić information content (AvgIpc) is 3.06. The van der Waals surface area contributed by atoms with E-state index >= 15 is 0 Å². The third-order valence-electron chi connectivity index (χ3n) is 4.27. The van der Waals surface area contributed by atoms with Gasteiger partial charge in [-0.25, -0.2) is 4.68 Å². The van der Waals surface area contributed by atoms with Gasteiger partial charge in [0.15, 0.2) is 0 Å². The van der Waals surface area contributed by atoms with Gasteiger partial charge in [-0.05, 0) is 54.6 Å². The maximum atomic E-state index is 4.79. The van der Waals surface area contributed by atoms with Crippen molar-refractivity contribution in [2.45, 2.75) is 11.9 Å². The van der Waals surface area contributed by atoms with Crippen LogP contribution in [0.5, 0.6) is 0 Å². The number of pyridine rings is 1. The minimum atomic E-state index is 1.03. The summed E-state index contributed by atoms with van der Waals surface area (Å²) in [4.78, 5) is 4.34. The molecule has 0 fully saturated rings. The zero-order chi connectivity index (χ0) is 17.9. The van der Waals surface area contributed by atoms with Crippen LogP contribution < -0.4 is 0 Å².